The van der Waals surface area contributed by atoms with Crippen molar-refractivity contribution in [1.82, 2.24) is 4.90 Å². The van der Waals surface area contributed by atoms with Crippen molar-refractivity contribution >= 4 is 5.91 Å². The number of rotatable bonds is 3. The van der Waals surface area contributed by atoms with Gasteiger partial charge in [-0.15, -0.1) is 0 Å². The van der Waals surface area contributed by atoms with Gasteiger partial charge in [-0.05, 0) is 41.5 Å². The van der Waals surface area contributed by atoms with E-state index >= 15 is 0 Å². The summed E-state index contributed by atoms with van der Waals surface area (Å²) in [6, 6.07) is 2.50. The molecule has 3 rings (SSSR count). The Labute approximate surface area is 137 Å². The van der Waals surface area contributed by atoms with Crippen LogP contribution >= 0.6 is 0 Å². The molecule has 24 heavy (non-hydrogen) atoms. The SMILES string of the molecule is CC1(C)C[C@]2(C(N)=O)CN(Cc3cc(F)ccc3C(F)(F)F)C[C@H]12. The van der Waals surface area contributed by atoms with Crippen molar-refractivity contribution < 1.29 is 22.4 Å². The molecule has 2 atom stereocenters. The predicted octanol–water partition coefficient (Wildman–Crippen LogP) is 3.18. The molecule has 1 aliphatic heterocycles. The van der Waals surface area contributed by atoms with Gasteiger partial charge in [0.2, 0.25) is 5.91 Å². The van der Waals surface area contributed by atoms with E-state index in [1.165, 1.54) is 0 Å². The highest BCUT2D eigenvalue weighted by atomic mass is 19.4. The van der Waals surface area contributed by atoms with E-state index in [9.17, 15) is 22.4 Å². The number of likely N-dealkylation sites (tertiary alicyclic amines) is 1. The van der Waals surface area contributed by atoms with E-state index in [-0.39, 0.29) is 23.4 Å². The normalized spacial score (nSPS) is 29.2. The Morgan fingerprint density at radius 1 is 1.38 bits per heavy atom. The van der Waals surface area contributed by atoms with Crippen LogP contribution in [-0.4, -0.2) is 23.9 Å². The van der Waals surface area contributed by atoms with E-state index in [0.717, 1.165) is 18.2 Å². The molecule has 3 nitrogen and oxygen atoms in total. The van der Waals surface area contributed by atoms with Crippen LogP contribution < -0.4 is 5.73 Å². The lowest BCUT2D eigenvalue weighted by Gasteiger charge is -2.54. The van der Waals surface area contributed by atoms with Crippen molar-refractivity contribution in [3.8, 4) is 0 Å². The Bertz CT molecular complexity index is 686. The smallest absolute Gasteiger partial charge is 0.369 e. The van der Waals surface area contributed by atoms with Crippen LogP contribution in [0.1, 0.15) is 31.4 Å². The maximum absolute atomic E-state index is 13.4. The summed E-state index contributed by atoms with van der Waals surface area (Å²) < 4.78 is 52.8. The van der Waals surface area contributed by atoms with Crippen LogP contribution in [0.15, 0.2) is 18.2 Å². The number of alkyl halides is 3. The Balaban J connectivity index is 1.86. The number of benzene rings is 1. The molecule has 1 amide bonds. The molecule has 2 aliphatic rings. The van der Waals surface area contributed by atoms with Crippen molar-refractivity contribution in [2.45, 2.75) is 33.0 Å². The zero-order valence-electron chi connectivity index (χ0n) is 13.6. The van der Waals surface area contributed by atoms with E-state index in [2.05, 4.69) is 0 Å². The highest BCUT2D eigenvalue weighted by Gasteiger charge is 2.65. The fraction of sp³-hybridized carbons (Fsp3) is 0.588. The van der Waals surface area contributed by atoms with Crippen LogP contribution in [0.25, 0.3) is 0 Å². The van der Waals surface area contributed by atoms with E-state index in [1.807, 2.05) is 13.8 Å². The molecule has 7 heteroatoms. The average Bonchev–Trinajstić information content (AvgIpc) is 2.73. The molecule has 1 aromatic carbocycles. The summed E-state index contributed by atoms with van der Waals surface area (Å²) in [6.45, 7) is 4.83. The highest BCUT2D eigenvalue weighted by molar-refractivity contribution is 5.83. The molecule has 0 bridgehead atoms. The lowest BCUT2D eigenvalue weighted by Crippen LogP contribution is -2.59. The van der Waals surface area contributed by atoms with Gasteiger partial charge in [0.05, 0.1) is 11.0 Å². The second-order valence-corrected chi connectivity index (χ2v) is 7.71. The second kappa shape index (κ2) is 5.18. The van der Waals surface area contributed by atoms with E-state index in [4.69, 9.17) is 5.73 Å². The first-order valence-corrected chi connectivity index (χ1v) is 7.84. The fourth-order valence-electron chi connectivity index (χ4n) is 4.65. The molecule has 0 aromatic heterocycles. The van der Waals surface area contributed by atoms with Gasteiger partial charge in [-0.1, -0.05) is 13.8 Å². The van der Waals surface area contributed by atoms with Gasteiger partial charge in [-0.3, -0.25) is 9.69 Å². The highest BCUT2D eigenvalue weighted by Crippen LogP contribution is 2.62. The van der Waals surface area contributed by atoms with Crippen LogP contribution in [0.4, 0.5) is 17.6 Å². The predicted molar refractivity (Wildman–Crippen MR) is 80.2 cm³/mol. The molecule has 1 saturated carbocycles. The van der Waals surface area contributed by atoms with Gasteiger partial charge in [-0.2, -0.15) is 13.2 Å². The first kappa shape index (κ1) is 17.2. The quantitative estimate of drug-likeness (QED) is 0.856. The standard InChI is InChI=1S/C17H20F4N2O/c1-15(2)8-16(14(22)24)9-23(7-13(15)16)6-10-5-11(18)3-4-12(10)17(19,20)21/h3-5,13H,6-9H2,1-2H3,(H2,22,24)/t13-,16+/m1/s1. The summed E-state index contributed by atoms with van der Waals surface area (Å²) in [5.41, 5.74) is 3.88. The van der Waals surface area contributed by atoms with E-state index < -0.39 is 28.9 Å². The number of amides is 1. The minimum Gasteiger partial charge on any atom is -0.369 e. The first-order valence-electron chi connectivity index (χ1n) is 7.84. The van der Waals surface area contributed by atoms with Crippen LogP contribution in [0.5, 0.6) is 0 Å². The number of halogens is 4. The maximum atomic E-state index is 13.4. The third-order valence-corrected chi connectivity index (χ3v) is 5.59. The van der Waals surface area contributed by atoms with Crippen LogP contribution in [0.2, 0.25) is 0 Å². The average molecular weight is 344 g/mol. The molecule has 2 N–H and O–H groups in total. The molecule has 0 spiro atoms. The molecular formula is C17H20F4N2O. The zero-order chi connectivity index (χ0) is 17.9. The van der Waals surface area contributed by atoms with Gasteiger partial charge in [-0.25, -0.2) is 4.39 Å². The zero-order valence-corrected chi connectivity index (χ0v) is 13.6. The molecule has 1 saturated heterocycles. The van der Waals surface area contributed by atoms with E-state index in [1.54, 1.807) is 4.90 Å². The van der Waals surface area contributed by atoms with Crippen molar-refractivity contribution in [3.63, 3.8) is 0 Å². The van der Waals surface area contributed by atoms with Gasteiger partial charge >= 0.3 is 6.18 Å². The third kappa shape index (κ3) is 2.59. The summed E-state index contributed by atoms with van der Waals surface area (Å²) in [7, 11) is 0. The van der Waals surface area contributed by atoms with Gasteiger partial charge in [0, 0.05) is 19.6 Å². The summed E-state index contributed by atoms with van der Waals surface area (Å²) in [4.78, 5) is 13.7. The molecule has 0 unspecified atom stereocenters. The summed E-state index contributed by atoms with van der Waals surface area (Å²) in [5, 5.41) is 0. The Morgan fingerprint density at radius 2 is 2.04 bits per heavy atom. The van der Waals surface area contributed by atoms with Gasteiger partial charge in [0.1, 0.15) is 5.82 Å². The van der Waals surface area contributed by atoms with Crippen molar-refractivity contribution in [2.24, 2.45) is 22.5 Å². The number of nitrogens with zero attached hydrogens (tertiary/aromatic N) is 1. The molecular weight excluding hydrogens is 324 g/mol. The lowest BCUT2D eigenvalue weighted by molar-refractivity contribution is -0.148. The molecule has 2 fully saturated rings. The van der Waals surface area contributed by atoms with Gasteiger partial charge in [0.15, 0.2) is 0 Å². The van der Waals surface area contributed by atoms with Crippen molar-refractivity contribution in [2.75, 3.05) is 13.1 Å². The van der Waals surface area contributed by atoms with Gasteiger partial charge in [0.25, 0.3) is 0 Å². The number of carbonyl (C=O) groups is 1. The molecule has 132 valence electrons. The molecule has 0 radical (unpaired) electrons. The summed E-state index contributed by atoms with van der Waals surface area (Å²) in [6.07, 6.45) is -3.91. The maximum Gasteiger partial charge on any atom is 0.416 e. The third-order valence-electron chi connectivity index (χ3n) is 5.59. The van der Waals surface area contributed by atoms with Crippen LogP contribution in [-0.2, 0) is 17.5 Å². The minimum absolute atomic E-state index is 0.0189. The Morgan fingerprint density at radius 3 is 2.54 bits per heavy atom. The topological polar surface area (TPSA) is 46.3 Å². The van der Waals surface area contributed by atoms with Gasteiger partial charge < -0.3 is 5.73 Å². The summed E-state index contributed by atoms with van der Waals surface area (Å²) in [5.74, 6) is -1.08. The molecule has 1 aliphatic carbocycles. The Hall–Kier alpha value is -1.63. The Kier molecular flexibility index (Phi) is 3.71. The first-order chi connectivity index (χ1) is 11.0. The number of nitrogens with two attached hydrogens (primary N) is 1. The lowest BCUT2D eigenvalue weighted by atomic mass is 9.48. The summed E-state index contributed by atoms with van der Waals surface area (Å²) >= 11 is 0. The van der Waals surface area contributed by atoms with Crippen LogP contribution in [0.3, 0.4) is 0 Å². The number of hydrogen-bond acceptors (Lipinski definition) is 2. The van der Waals surface area contributed by atoms with E-state index in [0.29, 0.717) is 19.5 Å². The number of carbonyl (C=O) groups excluding carboxylic acids is 1. The van der Waals surface area contributed by atoms with Crippen molar-refractivity contribution in [1.29, 1.82) is 0 Å². The molecule has 1 aromatic rings. The number of hydrogen-bond donors (Lipinski definition) is 1. The fourth-order valence-corrected chi connectivity index (χ4v) is 4.65. The minimum atomic E-state index is -4.54. The van der Waals surface area contributed by atoms with Crippen molar-refractivity contribution in [3.05, 3.63) is 35.1 Å². The number of primary amides is 1. The van der Waals surface area contributed by atoms with Crippen LogP contribution in [0, 0.1) is 22.6 Å². The largest absolute Gasteiger partial charge is 0.416 e. The molecule has 1 heterocycles. The monoisotopic (exact) mass is 344 g/mol. The second-order valence-electron chi connectivity index (χ2n) is 7.71. The number of fused-ring (bicyclic) bond motifs is 1.